The van der Waals surface area contributed by atoms with Gasteiger partial charge in [0.25, 0.3) is 11.8 Å². The van der Waals surface area contributed by atoms with Crippen molar-refractivity contribution in [2.45, 2.75) is 76.8 Å². The highest BCUT2D eigenvalue weighted by Crippen LogP contribution is 2.30. The monoisotopic (exact) mass is 449 g/mol. The van der Waals surface area contributed by atoms with Crippen molar-refractivity contribution < 1.29 is 9.59 Å². The quantitative estimate of drug-likeness (QED) is 0.705. The number of aromatic nitrogens is 1. The van der Waals surface area contributed by atoms with Crippen LogP contribution in [0, 0.1) is 0 Å². The molecular formula is C27H35N3O3. The van der Waals surface area contributed by atoms with Gasteiger partial charge in [0.2, 0.25) is 5.43 Å². The summed E-state index contributed by atoms with van der Waals surface area (Å²) in [6.07, 6.45) is 10.2. The zero-order valence-electron chi connectivity index (χ0n) is 19.8. The third-order valence-electron chi connectivity index (χ3n) is 7.31. The number of hydrogen-bond donors (Lipinski definition) is 1. The van der Waals surface area contributed by atoms with Gasteiger partial charge in [-0.25, -0.2) is 0 Å². The topological polar surface area (TPSA) is 71.4 Å². The zero-order chi connectivity index (χ0) is 23.4. The molecule has 0 spiro atoms. The Morgan fingerprint density at radius 2 is 1.64 bits per heavy atom. The summed E-state index contributed by atoms with van der Waals surface area (Å²) < 4.78 is 1.95. The molecule has 1 saturated carbocycles. The molecule has 2 heterocycles. The Morgan fingerprint density at radius 3 is 2.27 bits per heavy atom. The molecule has 6 nitrogen and oxygen atoms in total. The van der Waals surface area contributed by atoms with Gasteiger partial charge in [0.1, 0.15) is 11.1 Å². The van der Waals surface area contributed by atoms with E-state index >= 15 is 0 Å². The summed E-state index contributed by atoms with van der Waals surface area (Å²) in [5, 5.41) is 2.90. The second-order valence-electron chi connectivity index (χ2n) is 9.56. The maximum atomic E-state index is 13.5. The Labute approximate surface area is 196 Å². The molecule has 1 atom stereocenters. The largest absolute Gasteiger partial charge is 0.349 e. The molecule has 2 amide bonds. The number of carbonyl (C=O) groups excluding carboxylic acids is 2. The lowest BCUT2D eigenvalue weighted by Gasteiger charge is -2.32. The molecule has 1 aromatic heterocycles. The Balaban J connectivity index is 1.58. The van der Waals surface area contributed by atoms with Crippen LogP contribution in [0.4, 0.5) is 0 Å². The summed E-state index contributed by atoms with van der Waals surface area (Å²) in [6.45, 7) is 5.13. The Bertz CT molecular complexity index is 1030. The van der Waals surface area contributed by atoms with E-state index in [0.717, 1.165) is 44.9 Å². The molecule has 4 rings (SSSR count). The van der Waals surface area contributed by atoms with Crippen LogP contribution < -0.4 is 10.7 Å². The Morgan fingerprint density at radius 1 is 1.00 bits per heavy atom. The van der Waals surface area contributed by atoms with Crippen molar-refractivity contribution in [3.63, 3.8) is 0 Å². The first-order valence-electron chi connectivity index (χ1n) is 12.4. The lowest BCUT2D eigenvalue weighted by molar-refractivity contribution is 0.0710. The SMILES string of the molecule is CCC(C)NC(=O)c1cn(C2CCCC2)cc(C(=O)N2CCC(c3ccccc3)CC2)c1=O. The van der Waals surface area contributed by atoms with Crippen molar-refractivity contribution in [3.8, 4) is 0 Å². The van der Waals surface area contributed by atoms with Crippen LogP contribution in [0.2, 0.25) is 0 Å². The summed E-state index contributed by atoms with van der Waals surface area (Å²) in [7, 11) is 0. The highest BCUT2D eigenvalue weighted by Gasteiger charge is 2.29. The van der Waals surface area contributed by atoms with Gasteiger partial charge in [0.05, 0.1) is 0 Å². The van der Waals surface area contributed by atoms with Crippen LogP contribution >= 0.6 is 0 Å². The van der Waals surface area contributed by atoms with E-state index in [4.69, 9.17) is 0 Å². The van der Waals surface area contributed by atoms with Gasteiger partial charge in [-0.1, -0.05) is 50.1 Å². The minimum Gasteiger partial charge on any atom is -0.349 e. The van der Waals surface area contributed by atoms with E-state index in [-0.39, 0.29) is 29.1 Å². The number of nitrogens with one attached hydrogen (secondary N) is 1. The number of piperidine rings is 1. The summed E-state index contributed by atoms with van der Waals surface area (Å²) in [5.41, 5.74) is 1.04. The predicted octanol–water partition coefficient (Wildman–Crippen LogP) is 4.51. The average Bonchev–Trinajstić information content (AvgIpc) is 3.39. The Kier molecular flexibility index (Phi) is 7.31. The van der Waals surface area contributed by atoms with Crippen LogP contribution in [-0.4, -0.2) is 40.4 Å². The molecular weight excluding hydrogens is 414 g/mol. The summed E-state index contributed by atoms with van der Waals surface area (Å²) >= 11 is 0. The summed E-state index contributed by atoms with van der Waals surface area (Å²) in [6, 6.07) is 10.6. The maximum absolute atomic E-state index is 13.5. The lowest BCUT2D eigenvalue weighted by Crippen LogP contribution is -2.42. The maximum Gasteiger partial charge on any atom is 0.259 e. The molecule has 6 heteroatoms. The number of pyridine rings is 1. The molecule has 33 heavy (non-hydrogen) atoms. The Hall–Kier alpha value is -2.89. The molecule has 2 aliphatic rings. The molecule has 1 aromatic carbocycles. The zero-order valence-corrected chi connectivity index (χ0v) is 19.8. The fraction of sp³-hybridized carbons (Fsp3) is 0.519. The van der Waals surface area contributed by atoms with Crippen LogP contribution in [0.1, 0.15) is 97.0 Å². The molecule has 1 unspecified atom stereocenters. The third kappa shape index (κ3) is 5.21. The molecule has 0 radical (unpaired) electrons. The normalized spacial score (nSPS) is 18.3. The second-order valence-corrected chi connectivity index (χ2v) is 9.56. The number of carbonyl (C=O) groups is 2. The van der Waals surface area contributed by atoms with Crippen LogP contribution in [0.3, 0.4) is 0 Å². The molecule has 1 aliphatic carbocycles. The van der Waals surface area contributed by atoms with E-state index < -0.39 is 11.3 Å². The fourth-order valence-electron chi connectivity index (χ4n) is 5.04. The van der Waals surface area contributed by atoms with Crippen LogP contribution in [0.15, 0.2) is 47.5 Å². The molecule has 2 fully saturated rings. The van der Waals surface area contributed by atoms with E-state index in [0.29, 0.717) is 19.0 Å². The first-order valence-corrected chi connectivity index (χ1v) is 12.4. The van der Waals surface area contributed by atoms with Gasteiger partial charge < -0.3 is 14.8 Å². The van der Waals surface area contributed by atoms with E-state index in [1.165, 1.54) is 5.56 Å². The minimum absolute atomic E-state index is 0.0341. The number of benzene rings is 1. The molecule has 176 valence electrons. The minimum atomic E-state index is -0.458. The van der Waals surface area contributed by atoms with Gasteiger partial charge in [-0.3, -0.25) is 14.4 Å². The molecule has 1 aliphatic heterocycles. The average molecular weight is 450 g/mol. The van der Waals surface area contributed by atoms with Crippen molar-refractivity contribution in [3.05, 3.63) is 69.6 Å². The molecule has 1 saturated heterocycles. The fourth-order valence-corrected chi connectivity index (χ4v) is 5.04. The highest BCUT2D eigenvalue weighted by atomic mass is 16.2. The third-order valence-corrected chi connectivity index (χ3v) is 7.31. The van der Waals surface area contributed by atoms with Crippen molar-refractivity contribution in [2.75, 3.05) is 13.1 Å². The van der Waals surface area contributed by atoms with E-state index in [1.54, 1.807) is 17.3 Å². The number of nitrogens with zero attached hydrogens (tertiary/aromatic N) is 2. The van der Waals surface area contributed by atoms with Gasteiger partial charge in [-0.15, -0.1) is 0 Å². The molecule has 2 aromatic rings. The lowest BCUT2D eigenvalue weighted by atomic mass is 9.89. The smallest absolute Gasteiger partial charge is 0.259 e. The summed E-state index contributed by atoms with van der Waals surface area (Å²) in [4.78, 5) is 41.4. The standard InChI is InChI=1S/C27H35N3O3/c1-3-19(2)28-26(32)23-17-30(22-11-7-8-12-22)18-24(25(23)31)27(33)29-15-13-21(14-16-29)20-9-5-4-6-10-20/h4-6,9-10,17-19,21-22H,3,7-8,11-16H2,1-2H3,(H,28,32). The van der Waals surface area contributed by atoms with Crippen LogP contribution in [0.5, 0.6) is 0 Å². The molecule has 1 N–H and O–H groups in total. The second kappa shape index (κ2) is 10.4. The van der Waals surface area contributed by atoms with Gasteiger partial charge in [-0.05, 0) is 50.5 Å². The van der Waals surface area contributed by atoms with Crippen molar-refractivity contribution in [1.82, 2.24) is 14.8 Å². The summed E-state index contributed by atoms with van der Waals surface area (Å²) in [5.74, 6) is -0.215. The van der Waals surface area contributed by atoms with Gasteiger partial charge >= 0.3 is 0 Å². The van der Waals surface area contributed by atoms with Gasteiger partial charge in [0.15, 0.2) is 0 Å². The van der Waals surface area contributed by atoms with E-state index in [1.807, 2.05) is 36.6 Å². The van der Waals surface area contributed by atoms with Crippen molar-refractivity contribution in [2.24, 2.45) is 0 Å². The van der Waals surface area contributed by atoms with Crippen molar-refractivity contribution >= 4 is 11.8 Å². The first-order chi connectivity index (χ1) is 16.0. The predicted molar refractivity (Wildman–Crippen MR) is 130 cm³/mol. The highest BCUT2D eigenvalue weighted by molar-refractivity contribution is 5.99. The number of amides is 2. The van der Waals surface area contributed by atoms with E-state index in [2.05, 4.69) is 17.4 Å². The first kappa shape index (κ1) is 23.3. The van der Waals surface area contributed by atoms with Crippen LogP contribution in [-0.2, 0) is 0 Å². The number of rotatable bonds is 6. The van der Waals surface area contributed by atoms with Gasteiger partial charge in [0, 0.05) is 37.6 Å². The van der Waals surface area contributed by atoms with Crippen LogP contribution in [0.25, 0.3) is 0 Å². The number of hydrogen-bond acceptors (Lipinski definition) is 3. The van der Waals surface area contributed by atoms with Crippen molar-refractivity contribution in [1.29, 1.82) is 0 Å². The molecule has 0 bridgehead atoms. The van der Waals surface area contributed by atoms with Gasteiger partial charge in [-0.2, -0.15) is 0 Å². The number of likely N-dealkylation sites (tertiary alicyclic amines) is 1. The van der Waals surface area contributed by atoms with E-state index in [9.17, 15) is 14.4 Å².